The minimum absolute atomic E-state index is 0.0816. The van der Waals surface area contributed by atoms with Crippen molar-refractivity contribution in [1.29, 1.82) is 0 Å². The molecule has 0 aromatic heterocycles. The van der Waals surface area contributed by atoms with E-state index in [9.17, 15) is 9.59 Å². The van der Waals surface area contributed by atoms with E-state index in [4.69, 9.17) is 16.3 Å². The van der Waals surface area contributed by atoms with Gasteiger partial charge in [-0.3, -0.25) is 9.59 Å². The Kier molecular flexibility index (Phi) is 5.18. The van der Waals surface area contributed by atoms with Gasteiger partial charge in [0.2, 0.25) is 11.8 Å². The number of halogens is 1. The number of amides is 2. The van der Waals surface area contributed by atoms with Crippen LogP contribution in [0.5, 0.6) is 5.75 Å². The minimum atomic E-state index is -0.414. The van der Waals surface area contributed by atoms with Crippen LogP contribution in [0.25, 0.3) is 0 Å². The van der Waals surface area contributed by atoms with Crippen LogP contribution in [0.4, 0.5) is 11.4 Å². The molecular weight excluding hydrogens is 352 g/mol. The van der Waals surface area contributed by atoms with E-state index < -0.39 is 5.92 Å². The van der Waals surface area contributed by atoms with Crippen molar-refractivity contribution in [3.8, 4) is 5.75 Å². The molecule has 1 atom stereocenters. The number of anilines is 2. The molecule has 2 amide bonds. The fourth-order valence-electron chi connectivity index (χ4n) is 3.13. The van der Waals surface area contributed by atoms with Crippen molar-refractivity contribution in [3.63, 3.8) is 0 Å². The van der Waals surface area contributed by atoms with Crippen molar-refractivity contribution >= 4 is 34.8 Å². The largest absolute Gasteiger partial charge is 0.495 e. The monoisotopic (exact) mass is 372 g/mol. The smallest absolute Gasteiger partial charge is 0.229 e. The predicted octanol–water partition coefficient (Wildman–Crippen LogP) is 3.96. The number of nitrogens with zero attached hydrogens (tertiary/aromatic N) is 1. The van der Waals surface area contributed by atoms with Gasteiger partial charge in [0.1, 0.15) is 5.75 Å². The lowest BCUT2D eigenvalue weighted by Gasteiger charge is -2.20. The molecule has 0 unspecified atom stereocenters. The molecule has 2 aromatic carbocycles. The van der Waals surface area contributed by atoms with Gasteiger partial charge in [-0.25, -0.2) is 0 Å². The molecule has 0 spiro atoms. The first-order valence-corrected chi connectivity index (χ1v) is 8.79. The summed E-state index contributed by atoms with van der Waals surface area (Å²) < 4.78 is 5.37. The zero-order valence-corrected chi connectivity index (χ0v) is 15.8. The number of aryl methyl sites for hydroxylation is 2. The van der Waals surface area contributed by atoms with Crippen LogP contribution in [0, 0.1) is 19.8 Å². The highest BCUT2D eigenvalue weighted by molar-refractivity contribution is 6.30. The van der Waals surface area contributed by atoms with Crippen molar-refractivity contribution in [1.82, 2.24) is 0 Å². The van der Waals surface area contributed by atoms with E-state index in [1.54, 1.807) is 30.2 Å². The van der Waals surface area contributed by atoms with E-state index in [2.05, 4.69) is 5.32 Å². The zero-order chi connectivity index (χ0) is 18.8. The van der Waals surface area contributed by atoms with Crippen molar-refractivity contribution in [3.05, 3.63) is 52.5 Å². The maximum absolute atomic E-state index is 12.6. The summed E-state index contributed by atoms with van der Waals surface area (Å²) in [7, 11) is 1.57. The lowest BCUT2D eigenvalue weighted by atomic mass is 10.1. The van der Waals surface area contributed by atoms with E-state index in [-0.39, 0.29) is 18.2 Å². The molecular formula is C20H21ClN2O3. The van der Waals surface area contributed by atoms with E-state index >= 15 is 0 Å². The Morgan fingerprint density at radius 3 is 2.69 bits per heavy atom. The summed E-state index contributed by atoms with van der Waals surface area (Å²) in [5, 5.41) is 3.52. The topological polar surface area (TPSA) is 58.6 Å². The maximum Gasteiger partial charge on any atom is 0.229 e. The van der Waals surface area contributed by atoms with Crippen molar-refractivity contribution in [2.75, 3.05) is 23.9 Å². The van der Waals surface area contributed by atoms with Gasteiger partial charge in [0.05, 0.1) is 18.7 Å². The second-order valence-corrected chi connectivity index (χ2v) is 6.97. The fraction of sp³-hybridized carbons (Fsp3) is 0.300. The van der Waals surface area contributed by atoms with Gasteiger partial charge in [0.15, 0.2) is 0 Å². The molecule has 2 aromatic rings. The van der Waals surface area contributed by atoms with Crippen molar-refractivity contribution in [2.24, 2.45) is 5.92 Å². The molecule has 1 heterocycles. The number of carbonyl (C=O) groups is 2. The van der Waals surface area contributed by atoms with Gasteiger partial charge in [-0.05, 0) is 55.3 Å². The molecule has 0 aliphatic carbocycles. The molecule has 1 aliphatic heterocycles. The Morgan fingerprint density at radius 1 is 1.23 bits per heavy atom. The highest BCUT2D eigenvalue weighted by Gasteiger charge is 2.36. The average Bonchev–Trinajstić information content (AvgIpc) is 2.99. The number of hydrogen-bond acceptors (Lipinski definition) is 3. The standard InChI is InChI=1S/C20H21ClN2O3/c1-12-4-7-18(26-3)17(8-12)23-11-14(10-19(23)24)20(25)22-16-6-5-15(21)9-13(16)2/h4-9,14H,10-11H2,1-3H3,(H,22,25)/t14-/m0/s1. The third-order valence-corrected chi connectivity index (χ3v) is 4.80. The molecule has 5 nitrogen and oxygen atoms in total. The van der Waals surface area contributed by atoms with Crippen LogP contribution in [0.15, 0.2) is 36.4 Å². The van der Waals surface area contributed by atoms with Crippen LogP contribution in [-0.2, 0) is 9.59 Å². The highest BCUT2D eigenvalue weighted by Crippen LogP contribution is 2.34. The number of benzene rings is 2. The fourth-order valence-corrected chi connectivity index (χ4v) is 3.36. The van der Waals surface area contributed by atoms with Crippen molar-refractivity contribution < 1.29 is 14.3 Å². The predicted molar refractivity (Wildman–Crippen MR) is 103 cm³/mol. The molecule has 26 heavy (non-hydrogen) atoms. The summed E-state index contributed by atoms with van der Waals surface area (Å²) in [5.74, 6) is -0.0406. The average molecular weight is 373 g/mol. The quantitative estimate of drug-likeness (QED) is 0.883. The Labute approximate surface area is 157 Å². The summed E-state index contributed by atoms with van der Waals surface area (Å²) in [6, 6.07) is 11.0. The van der Waals surface area contributed by atoms with Gasteiger partial charge in [-0.1, -0.05) is 17.7 Å². The summed E-state index contributed by atoms with van der Waals surface area (Å²) >= 11 is 5.95. The number of ether oxygens (including phenoxy) is 1. The molecule has 0 bridgehead atoms. The lowest BCUT2D eigenvalue weighted by Crippen LogP contribution is -2.28. The molecule has 1 fully saturated rings. The van der Waals surface area contributed by atoms with Gasteiger partial charge in [0, 0.05) is 23.7 Å². The molecule has 1 N–H and O–H groups in total. The van der Waals surface area contributed by atoms with Crippen LogP contribution in [0.1, 0.15) is 17.5 Å². The summed E-state index contributed by atoms with van der Waals surface area (Å²) in [4.78, 5) is 26.8. The van der Waals surface area contributed by atoms with Gasteiger partial charge in [0.25, 0.3) is 0 Å². The number of nitrogens with one attached hydrogen (secondary N) is 1. The molecule has 6 heteroatoms. The molecule has 1 saturated heterocycles. The number of methoxy groups -OCH3 is 1. The molecule has 0 saturated carbocycles. The van der Waals surface area contributed by atoms with Gasteiger partial charge >= 0.3 is 0 Å². The SMILES string of the molecule is COc1ccc(C)cc1N1C[C@@H](C(=O)Nc2ccc(Cl)cc2C)CC1=O. The summed E-state index contributed by atoms with van der Waals surface area (Å²) in [5.41, 5.74) is 3.32. The van der Waals surface area contributed by atoms with Gasteiger partial charge < -0.3 is 15.0 Å². The first-order chi connectivity index (χ1) is 12.4. The lowest BCUT2D eigenvalue weighted by molar-refractivity contribution is -0.122. The second kappa shape index (κ2) is 7.38. The van der Waals surface area contributed by atoms with Gasteiger partial charge in [-0.2, -0.15) is 0 Å². The van der Waals surface area contributed by atoms with Crippen LogP contribution in [0.3, 0.4) is 0 Å². The van der Waals surface area contributed by atoms with E-state index in [0.29, 0.717) is 28.7 Å². The summed E-state index contributed by atoms with van der Waals surface area (Å²) in [6.07, 6.45) is 0.176. The highest BCUT2D eigenvalue weighted by atomic mass is 35.5. The normalized spacial score (nSPS) is 16.7. The van der Waals surface area contributed by atoms with Crippen LogP contribution in [0.2, 0.25) is 5.02 Å². The van der Waals surface area contributed by atoms with E-state index in [1.165, 1.54) is 0 Å². The minimum Gasteiger partial charge on any atom is -0.495 e. The van der Waals surface area contributed by atoms with Crippen LogP contribution >= 0.6 is 11.6 Å². The van der Waals surface area contributed by atoms with E-state index in [1.807, 2.05) is 32.0 Å². The van der Waals surface area contributed by atoms with Crippen molar-refractivity contribution in [2.45, 2.75) is 20.3 Å². The summed E-state index contributed by atoms with van der Waals surface area (Å²) in [6.45, 7) is 4.17. The molecule has 1 aliphatic rings. The number of carbonyl (C=O) groups excluding carboxylic acids is 2. The third-order valence-electron chi connectivity index (χ3n) is 4.57. The molecule has 0 radical (unpaired) electrons. The Balaban J connectivity index is 1.77. The Morgan fingerprint density at radius 2 is 2.00 bits per heavy atom. The van der Waals surface area contributed by atoms with Crippen LogP contribution in [-0.4, -0.2) is 25.5 Å². The second-order valence-electron chi connectivity index (χ2n) is 6.53. The number of hydrogen-bond donors (Lipinski definition) is 1. The van der Waals surface area contributed by atoms with Gasteiger partial charge in [-0.15, -0.1) is 0 Å². The first kappa shape index (κ1) is 18.3. The number of rotatable bonds is 4. The Bertz CT molecular complexity index is 866. The molecule has 3 rings (SSSR count). The van der Waals surface area contributed by atoms with E-state index in [0.717, 1.165) is 11.1 Å². The maximum atomic E-state index is 12.6. The first-order valence-electron chi connectivity index (χ1n) is 8.41. The zero-order valence-electron chi connectivity index (χ0n) is 15.0. The molecule has 136 valence electrons. The third kappa shape index (κ3) is 3.68. The Hall–Kier alpha value is -2.53. The van der Waals surface area contributed by atoms with Crippen LogP contribution < -0.4 is 15.0 Å².